The summed E-state index contributed by atoms with van der Waals surface area (Å²) in [5, 5.41) is 13.9. The summed E-state index contributed by atoms with van der Waals surface area (Å²) < 4.78 is 0. The molecule has 0 fully saturated rings. The first-order valence-corrected chi connectivity index (χ1v) is 5.65. The molecule has 0 bridgehead atoms. The van der Waals surface area contributed by atoms with Gasteiger partial charge in [-0.2, -0.15) is 0 Å². The third-order valence-electron chi connectivity index (χ3n) is 1.73. The Morgan fingerprint density at radius 2 is 2.47 bits per heavy atom. The molecule has 5 nitrogen and oxygen atoms in total. The largest absolute Gasteiger partial charge is 0.395 e. The van der Waals surface area contributed by atoms with Crippen molar-refractivity contribution in [1.29, 1.82) is 0 Å². The van der Waals surface area contributed by atoms with E-state index in [-0.39, 0.29) is 18.9 Å². The average molecular weight is 229 g/mol. The molecule has 0 unspecified atom stereocenters. The number of amides is 1. The lowest BCUT2D eigenvalue weighted by molar-refractivity contribution is -0.120. The zero-order valence-electron chi connectivity index (χ0n) is 8.40. The van der Waals surface area contributed by atoms with Crippen molar-refractivity contribution in [1.82, 2.24) is 10.3 Å². The van der Waals surface area contributed by atoms with Crippen molar-refractivity contribution in [2.45, 2.75) is 12.8 Å². The SMILES string of the molecule is NCCc1nc(CC(=O)NCCO)cs1. The van der Waals surface area contributed by atoms with Gasteiger partial charge in [0.1, 0.15) is 0 Å². The van der Waals surface area contributed by atoms with E-state index in [1.807, 2.05) is 5.38 Å². The fourth-order valence-corrected chi connectivity index (χ4v) is 1.90. The number of carbonyl (C=O) groups excluding carboxylic acids is 1. The second-order valence-electron chi connectivity index (χ2n) is 3.02. The van der Waals surface area contributed by atoms with E-state index in [0.717, 1.165) is 17.1 Å². The van der Waals surface area contributed by atoms with Crippen LogP contribution in [0.3, 0.4) is 0 Å². The standard InChI is InChI=1S/C9H15N3O2S/c10-2-1-9-12-7(6-15-9)5-8(14)11-3-4-13/h6,13H,1-5,10H2,(H,11,14). The lowest BCUT2D eigenvalue weighted by atomic mass is 10.3. The van der Waals surface area contributed by atoms with Crippen LogP contribution in [0.4, 0.5) is 0 Å². The second-order valence-corrected chi connectivity index (χ2v) is 3.96. The molecule has 1 aromatic rings. The van der Waals surface area contributed by atoms with Gasteiger partial charge in [0.25, 0.3) is 0 Å². The van der Waals surface area contributed by atoms with E-state index in [0.29, 0.717) is 13.1 Å². The van der Waals surface area contributed by atoms with E-state index in [4.69, 9.17) is 10.8 Å². The summed E-state index contributed by atoms with van der Waals surface area (Å²) in [6.07, 6.45) is 1.02. The fourth-order valence-electron chi connectivity index (χ4n) is 1.09. The van der Waals surface area contributed by atoms with Crippen LogP contribution < -0.4 is 11.1 Å². The summed E-state index contributed by atoms with van der Waals surface area (Å²) in [7, 11) is 0. The molecule has 1 amide bonds. The Balaban J connectivity index is 2.39. The van der Waals surface area contributed by atoms with E-state index in [9.17, 15) is 4.79 Å². The molecule has 0 saturated heterocycles. The summed E-state index contributed by atoms with van der Waals surface area (Å²) >= 11 is 1.52. The number of hydrogen-bond acceptors (Lipinski definition) is 5. The molecule has 15 heavy (non-hydrogen) atoms. The number of aliphatic hydroxyl groups is 1. The Hall–Kier alpha value is -0.980. The molecule has 0 aliphatic rings. The summed E-state index contributed by atoms with van der Waals surface area (Å²) in [4.78, 5) is 15.5. The van der Waals surface area contributed by atoms with Crippen LogP contribution in [0, 0.1) is 0 Å². The number of hydrogen-bond donors (Lipinski definition) is 3. The first-order chi connectivity index (χ1) is 7.26. The molecule has 0 spiro atoms. The molecule has 0 aliphatic carbocycles. The van der Waals surface area contributed by atoms with E-state index < -0.39 is 0 Å². The molecule has 0 atom stereocenters. The van der Waals surface area contributed by atoms with Gasteiger partial charge >= 0.3 is 0 Å². The predicted molar refractivity (Wildman–Crippen MR) is 58.7 cm³/mol. The zero-order valence-corrected chi connectivity index (χ0v) is 9.22. The van der Waals surface area contributed by atoms with Gasteiger partial charge in [0.15, 0.2) is 0 Å². The first-order valence-electron chi connectivity index (χ1n) is 4.77. The van der Waals surface area contributed by atoms with Gasteiger partial charge < -0.3 is 16.2 Å². The summed E-state index contributed by atoms with van der Waals surface area (Å²) in [5.74, 6) is -0.117. The molecule has 0 aromatic carbocycles. The molecular weight excluding hydrogens is 214 g/mol. The third-order valence-corrected chi connectivity index (χ3v) is 2.69. The van der Waals surface area contributed by atoms with Gasteiger partial charge in [0.2, 0.25) is 5.91 Å². The molecule has 84 valence electrons. The Labute approximate surface area is 92.3 Å². The number of aromatic nitrogens is 1. The normalized spacial score (nSPS) is 10.3. The van der Waals surface area contributed by atoms with Crippen molar-refractivity contribution in [3.63, 3.8) is 0 Å². The molecule has 1 heterocycles. The van der Waals surface area contributed by atoms with Crippen LogP contribution in [0.2, 0.25) is 0 Å². The third kappa shape index (κ3) is 4.37. The van der Waals surface area contributed by atoms with Crippen molar-refractivity contribution in [2.24, 2.45) is 5.73 Å². The summed E-state index contributed by atoms with van der Waals surface area (Å²) in [6, 6.07) is 0. The highest BCUT2D eigenvalue weighted by molar-refractivity contribution is 7.09. The van der Waals surface area contributed by atoms with Crippen molar-refractivity contribution in [2.75, 3.05) is 19.7 Å². The number of nitrogens with two attached hydrogens (primary N) is 1. The first kappa shape index (κ1) is 12.1. The second kappa shape index (κ2) is 6.49. The molecule has 1 aromatic heterocycles. The number of nitrogens with one attached hydrogen (secondary N) is 1. The molecule has 0 radical (unpaired) electrons. The van der Waals surface area contributed by atoms with Crippen LogP contribution >= 0.6 is 11.3 Å². The molecule has 4 N–H and O–H groups in total. The monoisotopic (exact) mass is 229 g/mol. The lowest BCUT2D eigenvalue weighted by Gasteiger charge is -2.00. The van der Waals surface area contributed by atoms with E-state index in [2.05, 4.69) is 10.3 Å². The predicted octanol–water partition coefficient (Wildman–Crippen LogP) is -0.705. The van der Waals surface area contributed by atoms with Crippen molar-refractivity contribution >= 4 is 17.2 Å². The van der Waals surface area contributed by atoms with Crippen molar-refractivity contribution in [3.8, 4) is 0 Å². The van der Waals surface area contributed by atoms with Crippen LogP contribution in [-0.4, -0.2) is 35.7 Å². The number of nitrogens with zero attached hydrogens (tertiary/aromatic N) is 1. The lowest BCUT2D eigenvalue weighted by Crippen LogP contribution is -2.27. The van der Waals surface area contributed by atoms with Gasteiger partial charge in [-0.25, -0.2) is 4.98 Å². The molecule has 0 saturated carbocycles. The number of thiazole rings is 1. The zero-order chi connectivity index (χ0) is 11.1. The van der Waals surface area contributed by atoms with Gasteiger partial charge in [-0.15, -0.1) is 11.3 Å². The van der Waals surface area contributed by atoms with Crippen LogP contribution in [-0.2, 0) is 17.6 Å². The van der Waals surface area contributed by atoms with Gasteiger partial charge in [-0.1, -0.05) is 0 Å². The molecule has 1 rings (SSSR count). The van der Waals surface area contributed by atoms with E-state index >= 15 is 0 Å². The Kier molecular flexibility index (Phi) is 5.23. The van der Waals surface area contributed by atoms with E-state index in [1.54, 1.807) is 0 Å². The number of aliphatic hydroxyl groups excluding tert-OH is 1. The number of carbonyl (C=O) groups is 1. The summed E-state index contributed by atoms with van der Waals surface area (Å²) in [6.45, 7) is 0.823. The molecular formula is C9H15N3O2S. The fraction of sp³-hybridized carbons (Fsp3) is 0.556. The van der Waals surface area contributed by atoms with E-state index in [1.165, 1.54) is 11.3 Å². The van der Waals surface area contributed by atoms with Crippen molar-refractivity contribution < 1.29 is 9.90 Å². The topological polar surface area (TPSA) is 88.2 Å². The maximum atomic E-state index is 11.3. The highest BCUT2D eigenvalue weighted by atomic mass is 32.1. The minimum atomic E-state index is -0.117. The van der Waals surface area contributed by atoms with Crippen LogP contribution in [0.15, 0.2) is 5.38 Å². The van der Waals surface area contributed by atoms with Crippen molar-refractivity contribution in [3.05, 3.63) is 16.1 Å². The molecule has 6 heteroatoms. The Bertz CT molecular complexity index is 314. The minimum Gasteiger partial charge on any atom is -0.395 e. The summed E-state index contributed by atoms with van der Waals surface area (Å²) in [5.41, 5.74) is 6.16. The maximum Gasteiger partial charge on any atom is 0.226 e. The minimum absolute atomic E-state index is 0.0404. The highest BCUT2D eigenvalue weighted by Gasteiger charge is 2.06. The quantitative estimate of drug-likeness (QED) is 0.601. The van der Waals surface area contributed by atoms with Crippen LogP contribution in [0.25, 0.3) is 0 Å². The maximum absolute atomic E-state index is 11.3. The van der Waals surface area contributed by atoms with Gasteiger partial charge in [0, 0.05) is 18.3 Å². The Morgan fingerprint density at radius 3 is 3.13 bits per heavy atom. The van der Waals surface area contributed by atoms with Gasteiger partial charge in [0.05, 0.1) is 23.7 Å². The smallest absolute Gasteiger partial charge is 0.226 e. The Morgan fingerprint density at radius 1 is 1.67 bits per heavy atom. The number of rotatable bonds is 6. The van der Waals surface area contributed by atoms with Gasteiger partial charge in [-0.05, 0) is 6.54 Å². The molecule has 0 aliphatic heterocycles. The van der Waals surface area contributed by atoms with Crippen LogP contribution in [0.5, 0.6) is 0 Å². The highest BCUT2D eigenvalue weighted by Crippen LogP contribution is 2.10. The van der Waals surface area contributed by atoms with Gasteiger partial charge in [-0.3, -0.25) is 4.79 Å². The average Bonchev–Trinajstić information content (AvgIpc) is 2.63. The van der Waals surface area contributed by atoms with Crippen LogP contribution in [0.1, 0.15) is 10.7 Å².